The molecular formula is C10H10ClNO. The SMILES string of the molecule is CC(C=Cc1ccccc1Cl)=NO. The van der Waals surface area contributed by atoms with Crippen molar-refractivity contribution in [3.05, 3.63) is 40.9 Å². The topological polar surface area (TPSA) is 32.6 Å². The number of allylic oxidation sites excluding steroid dienone is 1. The molecule has 68 valence electrons. The van der Waals surface area contributed by atoms with Crippen LogP contribution in [0.5, 0.6) is 0 Å². The summed E-state index contributed by atoms with van der Waals surface area (Å²) >= 11 is 5.90. The van der Waals surface area contributed by atoms with Crippen LogP contribution in [0.15, 0.2) is 35.5 Å². The molecule has 0 aliphatic rings. The van der Waals surface area contributed by atoms with Gasteiger partial charge in [0.15, 0.2) is 0 Å². The molecular weight excluding hydrogens is 186 g/mol. The Balaban J connectivity index is 2.86. The summed E-state index contributed by atoms with van der Waals surface area (Å²) in [7, 11) is 0. The van der Waals surface area contributed by atoms with E-state index < -0.39 is 0 Å². The van der Waals surface area contributed by atoms with Crippen LogP contribution in [-0.4, -0.2) is 10.9 Å². The summed E-state index contributed by atoms with van der Waals surface area (Å²) in [5, 5.41) is 12.1. The second kappa shape index (κ2) is 4.67. The second-order valence-corrected chi connectivity index (χ2v) is 3.00. The van der Waals surface area contributed by atoms with E-state index in [-0.39, 0.29) is 0 Å². The van der Waals surface area contributed by atoms with Crippen LogP contribution >= 0.6 is 11.6 Å². The maximum Gasteiger partial charge on any atom is 0.0765 e. The molecule has 3 heteroatoms. The minimum absolute atomic E-state index is 0.542. The van der Waals surface area contributed by atoms with Gasteiger partial charge in [0.05, 0.1) is 5.71 Å². The zero-order valence-corrected chi connectivity index (χ0v) is 7.99. The van der Waals surface area contributed by atoms with Gasteiger partial charge in [0.2, 0.25) is 0 Å². The maximum atomic E-state index is 8.39. The second-order valence-electron chi connectivity index (χ2n) is 2.60. The molecule has 0 saturated heterocycles. The number of hydrogen-bond acceptors (Lipinski definition) is 2. The van der Waals surface area contributed by atoms with Crippen LogP contribution in [0.4, 0.5) is 0 Å². The van der Waals surface area contributed by atoms with E-state index in [4.69, 9.17) is 16.8 Å². The molecule has 0 amide bonds. The van der Waals surface area contributed by atoms with Crippen molar-refractivity contribution < 1.29 is 5.21 Å². The number of nitrogens with zero attached hydrogens (tertiary/aromatic N) is 1. The van der Waals surface area contributed by atoms with Gasteiger partial charge in [0.1, 0.15) is 0 Å². The summed E-state index contributed by atoms with van der Waals surface area (Å²) < 4.78 is 0. The molecule has 1 aromatic carbocycles. The Morgan fingerprint density at radius 1 is 1.46 bits per heavy atom. The highest BCUT2D eigenvalue weighted by Gasteiger charge is 1.92. The molecule has 0 aliphatic heterocycles. The van der Waals surface area contributed by atoms with Gasteiger partial charge in [-0.25, -0.2) is 0 Å². The zero-order chi connectivity index (χ0) is 9.68. The smallest absolute Gasteiger partial charge is 0.0765 e. The number of oxime groups is 1. The van der Waals surface area contributed by atoms with E-state index in [0.717, 1.165) is 5.56 Å². The molecule has 2 nitrogen and oxygen atoms in total. The predicted octanol–water partition coefficient (Wildman–Crippen LogP) is 3.20. The van der Waals surface area contributed by atoms with E-state index in [9.17, 15) is 0 Å². The molecule has 1 rings (SSSR count). The fourth-order valence-corrected chi connectivity index (χ4v) is 1.05. The lowest BCUT2D eigenvalue weighted by Crippen LogP contribution is -1.82. The summed E-state index contributed by atoms with van der Waals surface area (Å²) in [6, 6.07) is 7.47. The predicted molar refractivity (Wildman–Crippen MR) is 55.4 cm³/mol. The quantitative estimate of drug-likeness (QED) is 0.439. The van der Waals surface area contributed by atoms with Gasteiger partial charge in [0, 0.05) is 5.02 Å². The Hall–Kier alpha value is -1.28. The highest BCUT2D eigenvalue weighted by molar-refractivity contribution is 6.32. The van der Waals surface area contributed by atoms with Gasteiger partial charge < -0.3 is 5.21 Å². The highest BCUT2D eigenvalue weighted by Crippen LogP contribution is 2.16. The van der Waals surface area contributed by atoms with Crippen molar-refractivity contribution in [2.24, 2.45) is 5.16 Å². The summed E-state index contributed by atoms with van der Waals surface area (Å²) in [6.07, 6.45) is 3.50. The van der Waals surface area contributed by atoms with Crippen LogP contribution in [0.2, 0.25) is 5.02 Å². The van der Waals surface area contributed by atoms with Crippen molar-refractivity contribution in [1.82, 2.24) is 0 Å². The molecule has 0 bridgehead atoms. The molecule has 0 radical (unpaired) electrons. The molecule has 0 atom stereocenters. The van der Waals surface area contributed by atoms with Crippen LogP contribution in [0.1, 0.15) is 12.5 Å². The summed E-state index contributed by atoms with van der Waals surface area (Å²) in [5.74, 6) is 0. The Morgan fingerprint density at radius 3 is 2.77 bits per heavy atom. The Labute approximate surface area is 82.1 Å². The van der Waals surface area contributed by atoms with Gasteiger partial charge in [-0.05, 0) is 24.6 Å². The van der Waals surface area contributed by atoms with Gasteiger partial charge in [-0.3, -0.25) is 0 Å². The molecule has 0 fully saturated rings. The molecule has 0 aliphatic carbocycles. The Kier molecular flexibility index (Phi) is 3.53. The first-order chi connectivity index (χ1) is 6.24. The number of halogens is 1. The van der Waals surface area contributed by atoms with Gasteiger partial charge in [-0.15, -0.1) is 0 Å². The first-order valence-electron chi connectivity index (χ1n) is 3.85. The maximum absolute atomic E-state index is 8.39. The Morgan fingerprint density at radius 2 is 2.15 bits per heavy atom. The highest BCUT2D eigenvalue weighted by atomic mass is 35.5. The van der Waals surface area contributed by atoms with Gasteiger partial charge >= 0.3 is 0 Å². The lowest BCUT2D eigenvalue weighted by Gasteiger charge is -1.95. The normalized spacial score (nSPS) is 12.3. The van der Waals surface area contributed by atoms with Crippen molar-refractivity contribution in [2.45, 2.75) is 6.92 Å². The van der Waals surface area contributed by atoms with Crippen molar-refractivity contribution in [3.8, 4) is 0 Å². The van der Waals surface area contributed by atoms with Crippen LogP contribution in [-0.2, 0) is 0 Å². The standard InChI is InChI=1S/C10H10ClNO/c1-8(12-13)6-7-9-4-2-3-5-10(9)11/h2-7,13H,1H3. The minimum atomic E-state index is 0.542. The van der Waals surface area contributed by atoms with Crippen molar-refractivity contribution in [3.63, 3.8) is 0 Å². The molecule has 0 unspecified atom stereocenters. The molecule has 13 heavy (non-hydrogen) atoms. The van der Waals surface area contributed by atoms with E-state index in [1.807, 2.05) is 24.3 Å². The molecule has 0 heterocycles. The number of rotatable bonds is 2. The van der Waals surface area contributed by atoms with E-state index >= 15 is 0 Å². The zero-order valence-electron chi connectivity index (χ0n) is 7.24. The van der Waals surface area contributed by atoms with Crippen LogP contribution in [0.25, 0.3) is 6.08 Å². The van der Waals surface area contributed by atoms with Crippen LogP contribution in [0, 0.1) is 0 Å². The van der Waals surface area contributed by atoms with Gasteiger partial charge in [-0.1, -0.05) is 41.0 Å². The van der Waals surface area contributed by atoms with Crippen LogP contribution < -0.4 is 0 Å². The summed E-state index contributed by atoms with van der Waals surface area (Å²) in [4.78, 5) is 0. The lowest BCUT2D eigenvalue weighted by molar-refractivity contribution is 0.319. The molecule has 0 spiro atoms. The van der Waals surface area contributed by atoms with Crippen molar-refractivity contribution >= 4 is 23.4 Å². The monoisotopic (exact) mass is 195 g/mol. The minimum Gasteiger partial charge on any atom is -0.411 e. The lowest BCUT2D eigenvalue weighted by atomic mass is 10.2. The van der Waals surface area contributed by atoms with E-state index in [2.05, 4.69) is 5.16 Å². The molecule has 1 N–H and O–H groups in total. The Bertz CT molecular complexity index is 345. The third kappa shape index (κ3) is 2.92. The first kappa shape index (κ1) is 9.81. The van der Waals surface area contributed by atoms with E-state index in [0.29, 0.717) is 10.7 Å². The van der Waals surface area contributed by atoms with Crippen molar-refractivity contribution in [2.75, 3.05) is 0 Å². The number of hydrogen-bond donors (Lipinski definition) is 1. The first-order valence-corrected chi connectivity index (χ1v) is 4.23. The fourth-order valence-electron chi connectivity index (χ4n) is 0.854. The third-order valence-corrected chi connectivity index (χ3v) is 1.91. The summed E-state index contributed by atoms with van der Waals surface area (Å²) in [5.41, 5.74) is 1.45. The van der Waals surface area contributed by atoms with Crippen LogP contribution in [0.3, 0.4) is 0 Å². The third-order valence-electron chi connectivity index (χ3n) is 1.57. The van der Waals surface area contributed by atoms with Gasteiger partial charge in [0.25, 0.3) is 0 Å². The van der Waals surface area contributed by atoms with Crippen molar-refractivity contribution in [1.29, 1.82) is 0 Å². The largest absolute Gasteiger partial charge is 0.411 e. The summed E-state index contributed by atoms with van der Waals surface area (Å²) in [6.45, 7) is 1.70. The average molecular weight is 196 g/mol. The van der Waals surface area contributed by atoms with E-state index in [1.165, 1.54) is 0 Å². The molecule has 0 aromatic heterocycles. The number of benzene rings is 1. The van der Waals surface area contributed by atoms with E-state index in [1.54, 1.807) is 19.1 Å². The average Bonchev–Trinajstić information content (AvgIpc) is 2.16. The molecule has 1 aromatic rings. The molecule has 0 saturated carbocycles. The fraction of sp³-hybridized carbons (Fsp3) is 0.100. The van der Waals surface area contributed by atoms with Gasteiger partial charge in [-0.2, -0.15) is 0 Å².